The Morgan fingerprint density at radius 3 is 2.44 bits per heavy atom. The van der Waals surface area contributed by atoms with E-state index in [9.17, 15) is 18.0 Å². The molecule has 1 aliphatic carbocycles. The quantitative estimate of drug-likeness (QED) is 0.613. The second kappa shape index (κ2) is 8.70. The number of fused-ring (bicyclic) bond motifs is 1. The molecule has 0 atom stereocenters. The Balaban J connectivity index is 0.000000754. The molecular weight excluding hydrogens is 427 g/mol. The number of hydrogen-bond acceptors (Lipinski definition) is 5. The number of nitrogens with zero attached hydrogens (tertiary/aromatic N) is 2. The number of amides is 1. The summed E-state index contributed by atoms with van der Waals surface area (Å²) in [7, 11) is 1.28. The van der Waals surface area contributed by atoms with E-state index in [0.29, 0.717) is 22.5 Å². The molecule has 2 N–H and O–H groups in total. The first kappa shape index (κ1) is 21.9. The van der Waals surface area contributed by atoms with Crippen molar-refractivity contribution in [3.63, 3.8) is 0 Å². The molecule has 1 saturated heterocycles. The Bertz CT molecular complexity index is 1140. The molecule has 1 amide bonds. The fourth-order valence-electron chi connectivity index (χ4n) is 3.25. The monoisotopic (exact) mass is 449 g/mol. The SMILES string of the molecule is C1CC1.COc1cc(-c2cnc3cc(C4(F)COC4)ccn23)cc(OC(F)F)c1C(N)=O. The summed E-state index contributed by atoms with van der Waals surface area (Å²) in [6.07, 6.45) is 7.61. The zero-order valence-electron chi connectivity index (χ0n) is 17.3. The summed E-state index contributed by atoms with van der Waals surface area (Å²) in [5.41, 5.74) is 5.24. The number of methoxy groups -OCH3 is 1. The fourth-order valence-corrected chi connectivity index (χ4v) is 3.25. The van der Waals surface area contributed by atoms with Crippen molar-refractivity contribution < 1.29 is 32.2 Å². The average Bonchev–Trinajstić information content (AvgIpc) is 3.56. The van der Waals surface area contributed by atoms with Gasteiger partial charge in [0, 0.05) is 11.8 Å². The molecule has 170 valence electrons. The number of carbonyl (C=O) groups is 1. The predicted octanol–water partition coefficient (Wildman–Crippen LogP) is 4.08. The summed E-state index contributed by atoms with van der Waals surface area (Å²) < 4.78 is 56.5. The Morgan fingerprint density at radius 1 is 1.22 bits per heavy atom. The maximum absolute atomic E-state index is 14.6. The van der Waals surface area contributed by atoms with Gasteiger partial charge in [-0.1, -0.05) is 19.3 Å². The molecule has 1 aromatic carbocycles. The number of hydrogen-bond donors (Lipinski definition) is 1. The van der Waals surface area contributed by atoms with Gasteiger partial charge in [0.1, 0.15) is 22.7 Å². The number of pyridine rings is 1. The number of alkyl halides is 3. The molecule has 2 aliphatic rings. The van der Waals surface area contributed by atoms with Crippen molar-refractivity contribution in [3.8, 4) is 22.8 Å². The van der Waals surface area contributed by atoms with Gasteiger partial charge in [0.2, 0.25) is 0 Å². The van der Waals surface area contributed by atoms with Gasteiger partial charge >= 0.3 is 6.61 Å². The van der Waals surface area contributed by atoms with Crippen LogP contribution in [0, 0.1) is 0 Å². The zero-order valence-corrected chi connectivity index (χ0v) is 17.3. The van der Waals surface area contributed by atoms with Gasteiger partial charge in [0.15, 0.2) is 5.67 Å². The van der Waals surface area contributed by atoms with E-state index in [1.807, 2.05) is 0 Å². The molecule has 5 rings (SSSR count). The minimum atomic E-state index is -3.16. The topological polar surface area (TPSA) is 88.1 Å². The third-order valence-corrected chi connectivity index (χ3v) is 5.09. The van der Waals surface area contributed by atoms with E-state index in [0.717, 1.165) is 0 Å². The smallest absolute Gasteiger partial charge is 0.387 e. The number of primary amides is 1. The second-order valence-electron chi connectivity index (χ2n) is 7.60. The third-order valence-electron chi connectivity index (χ3n) is 5.09. The molecule has 1 saturated carbocycles. The Hall–Kier alpha value is -3.27. The van der Waals surface area contributed by atoms with Gasteiger partial charge in [0.25, 0.3) is 5.91 Å². The number of imidazole rings is 1. The highest BCUT2D eigenvalue weighted by Gasteiger charge is 2.41. The molecule has 3 heterocycles. The average molecular weight is 449 g/mol. The van der Waals surface area contributed by atoms with Crippen molar-refractivity contribution >= 4 is 11.6 Å². The van der Waals surface area contributed by atoms with Crippen LogP contribution in [-0.2, 0) is 10.4 Å². The summed E-state index contributed by atoms with van der Waals surface area (Å²) in [6, 6.07) is 5.92. The van der Waals surface area contributed by atoms with Crippen LogP contribution in [0.2, 0.25) is 0 Å². The van der Waals surface area contributed by atoms with E-state index in [4.69, 9.17) is 15.2 Å². The van der Waals surface area contributed by atoms with Crippen molar-refractivity contribution in [2.24, 2.45) is 5.73 Å². The second-order valence-corrected chi connectivity index (χ2v) is 7.60. The largest absolute Gasteiger partial charge is 0.496 e. The lowest BCUT2D eigenvalue weighted by Gasteiger charge is -2.34. The lowest BCUT2D eigenvalue weighted by molar-refractivity contribution is -0.135. The van der Waals surface area contributed by atoms with Crippen LogP contribution in [-0.4, -0.2) is 42.2 Å². The maximum Gasteiger partial charge on any atom is 0.387 e. The highest BCUT2D eigenvalue weighted by atomic mass is 19.3. The van der Waals surface area contributed by atoms with E-state index < -0.39 is 23.9 Å². The van der Waals surface area contributed by atoms with Crippen molar-refractivity contribution in [2.75, 3.05) is 20.3 Å². The van der Waals surface area contributed by atoms with E-state index in [1.54, 1.807) is 22.7 Å². The number of ether oxygens (including phenoxy) is 3. The van der Waals surface area contributed by atoms with Gasteiger partial charge < -0.3 is 19.9 Å². The van der Waals surface area contributed by atoms with Crippen LogP contribution in [0.25, 0.3) is 16.9 Å². The van der Waals surface area contributed by atoms with Crippen LogP contribution < -0.4 is 15.2 Å². The summed E-state index contributed by atoms with van der Waals surface area (Å²) >= 11 is 0. The number of carbonyl (C=O) groups excluding carboxylic acids is 1. The summed E-state index contributed by atoms with van der Waals surface area (Å²) in [4.78, 5) is 16.0. The molecule has 32 heavy (non-hydrogen) atoms. The highest BCUT2D eigenvalue weighted by molar-refractivity contribution is 5.99. The highest BCUT2D eigenvalue weighted by Crippen LogP contribution is 2.37. The first-order chi connectivity index (χ1) is 15.3. The van der Waals surface area contributed by atoms with Crippen molar-refractivity contribution in [2.45, 2.75) is 31.5 Å². The summed E-state index contributed by atoms with van der Waals surface area (Å²) in [6.45, 7) is -3.20. The van der Waals surface area contributed by atoms with Crippen molar-refractivity contribution in [1.82, 2.24) is 9.38 Å². The van der Waals surface area contributed by atoms with Gasteiger partial charge in [-0.2, -0.15) is 8.78 Å². The van der Waals surface area contributed by atoms with Crippen LogP contribution in [0.5, 0.6) is 11.5 Å². The van der Waals surface area contributed by atoms with Crippen LogP contribution in [0.1, 0.15) is 35.2 Å². The molecule has 2 aromatic heterocycles. The normalized spacial score (nSPS) is 16.2. The minimum Gasteiger partial charge on any atom is -0.496 e. The van der Waals surface area contributed by atoms with Crippen LogP contribution in [0.4, 0.5) is 13.2 Å². The van der Waals surface area contributed by atoms with Gasteiger partial charge in [-0.25, -0.2) is 9.37 Å². The van der Waals surface area contributed by atoms with E-state index in [-0.39, 0.29) is 24.5 Å². The summed E-state index contributed by atoms with van der Waals surface area (Å²) in [5.74, 6) is -1.41. The number of halogens is 3. The van der Waals surface area contributed by atoms with Crippen molar-refractivity contribution in [3.05, 3.63) is 47.8 Å². The fraction of sp³-hybridized carbons (Fsp3) is 0.364. The maximum atomic E-state index is 14.6. The van der Waals surface area contributed by atoms with Gasteiger partial charge in [-0.15, -0.1) is 0 Å². The van der Waals surface area contributed by atoms with Crippen LogP contribution in [0.3, 0.4) is 0 Å². The van der Waals surface area contributed by atoms with Crippen LogP contribution in [0.15, 0.2) is 36.7 Å². The lowest BCUT2D eigenvalue weighted by atomic mass is 9.95. The molecule has 3 aromatic rings. The number of aromatic nitrogens is 2. The molecule has 0 radical (unpaired) electrons. The molecule has 2 fully saturated rings. The number of nitrogens with two attached hydrogens (primary N) is 1. The van der Waals surface area contributed by atoms with E-state index in [2.05, 4.69) is 9.72 Å². The van der Waals surface area contributed by atoms with E-state index >= 15 is 0 Å². The Labute approximate surface area is 181 Å². The first-order valence-corrected chi connectivity index (χ1v) is 10.0. The summed E-state index contributed by atoms with van der Waals surface area (Å²) in [5, 5.41) is 0. The van der Waals surface area contributed by atoms with Gasteiger partial charge in [0.05, 0.1) is 32.2 Å². The number of rotatable bonds is 6. The van der Waals surface area contributed by atoms with Gasteiger partial charge in [-0.3, -0.25) is 9.20 Å². The molecule has 0 bridgehead atoms. The predicted molar refractivity (Wildman–Crippen MR) is 110 cm³/mol. The van der Waals surface area contributed by atoms with Crippen LogP contribution >= 0.6 is 0 Å². The van der Waals surface area contributed by atoms with Crippen molar-refractivity contribution in [1.29, 1.82) is 0 Å². The zero-order chi connectivity index (χ0) is 22.9. The first-order valence-electron chi connectivity index (χ1n) is 10.0. The lowest BCUT2D eigenvalue weighted by Crippen LogP contribution is -2.42. The standard InChI is InChI=1S/C19H16F3N3O4.C3H6/c1-27-13-4-10(5-14(29-18(20)21)16(13)17(23)26)12-7-24-15-6-11(2-3-25(12)15)19(22)8-28-9-19;1-2-3-1/h2-7,18H,8-9H2,1H3,(H2,23,26);1-3H2. The molecule has 0 unspecified atom stereocenters. The number of benzene rings is 1. The Morgan fingerprint density at radius 2 is 1.91 bits per heavy atom. The minimum absolute atomic E-state index is 0.0170. The molecule has 7 nitrogen and oxygen atoms in total. The molecule has 10 heteroatoms. The molecular formula is C22H22F3N3O4. The third kappa shape index (κ3) is 4.36. The molecule has 0 spiro atoms. The van der Waals surface area contributed by atoms with Gasteiger partial charge in [-0.05, 0) is 29.8 Å². The van der Waals surface area contributed by atoms with E-state index in [1.165, 1.54) is 44.7 Å². The molecule has 1 aliphatic heterocycles. The Kier molecular flexibility index (Phi) is 5.96.